The second-order valence-corrected chi connectivity index (χ2v) is 4.81. The summed E-state index contributed by atoms with van der Waals surface area (Å²) in [5.41, 5.74) is 7.74. The molecule has 0 spiro atoms. The largest absolute Gasteiger partial charge is 0.397 e. The van der Waals surface area contributed by atoms with Crippen molar-refractivity contribution >= 4 is 28.3 Å². The van der Waals surface area contributed by atoms with Gasteiger partial charge >= 0.3 is 0 Å². The van der Waals surface area contributed by atoms with Gasteiger partial charge in [0.1, 0.15) is 6.54 Å². The standard InChI is InChI=1S/C16H14N4O2/c17-11-5-1-2-6-12(11)19-15(21)10-20-14-8-4-3-7-13(14)18-9-16(20)22/h1-9H,10,17H2,(H,19,21). The Balaban J connectivity index is 1.90. The maximum atomic E-state index is 12.2. The lowest BCUT2D eigenvalue weighted by Crippen LogP contribution is -2.28. The maximum Gasteiger partial charge on any atom is 0.269 e. The molecule has 3 aromatic rings. The zero-order chi connectivity index (χ0) is 15.5. The van der Waals surface area contributed by atoms with Crippen LogP contribution in [0.25, 0.3) is 11.0 Å². The fourth-order valence-electron chi connectivity index (χ4n) is 2.22. The molecule has 3 rings (SSSR count). The molecule has 0 aliphatic rings. The van der Waals surface area contributed by atoms with Crippen molar-refractivity contribution in [1.82, 2.24) is 9.55 Å². The van der Waals surface area contributed by atoms with Crippen LogP contribution >= 0.6 is 0 Å². The van der Waals surface area contributed by atoms with Crippen molar-refractivity contribution in [2.45, 2.75) is 6.54 Å². The van der Waals surface area contributed by atoms with E-state index in [0.717, 1.165) is 0 Å². The molecular weight excluding hydrogens is 280 g/mol. The average Bonchev–Trinajstić information content (AvgIpc) is 2.52. The second kappa shape index (κ2) is 5.69. The summed E-state index contributed by atoms with van der Waals surface area (Å²) < 4.78 is 1.39. The van der Waals surface area contributed by atoms with E-state index < -0.39 is 0 Å². The number of amides is 1. The van der Waals surface area contributed by atoms with Crippen LogP contribution in [0, 0.1) is 0 Å². The number of nitrogens with one attached hydrogen (secondary N) is 1. The molecule has 0 unspecified atom stereocenters. The molecule has 0 aliphatic heterocycles. The summed E-state index contributed by atoms with van der Waals surface area (Å²) in [6.07, 6.45) is 1.21. The molecule has 1 amide bonds. The number of carbonyl (C=O) groups excluding carboxylic acids is 1. The van der Waals surface area contributed by atoms with Gasteiger partial charge in [0.15, 0.2) is 0 Å². The first-order valence-electron chi connectivity index (χ1n) is 6.74. The molecule has 0 saturated heterocycles. The van der Waals surface area contributed by atoms with E-state index in [1.54, 1.807) is 42.5 Å². The van der Waals surface area contributed by atoms with E-state index in [1.807, 2.05) is 6.07 Å². The number of nitrogens with zero attached hydrogens (tertiary/aromatic N) is 2. The minimum absolute atomic E-state index is 0.101. The van der Waals surface area contributed by atoms with E-state index in [-0.39, 0.29) is 18.0 Å². The number of carbonyl (C=O) groups is 1. The highest BCUT2D eigenvalue weighted by atomic mass is 16.2. The van der Waals surface area contributed by atoms with Crippen molar-refractivity contribution in [2.75, 3.05) is 11.1 Å². The minimum Gasteiger partial charge on any atom is -0.397 e. The molecule has 3 N–H and O–H groups in total. The summed E-state index contributed by atoms with van der Waals surface area (Å²) in [6, 6.07) is 14.1. The summed E-state index contributed by atoms with van der Waals surface area (Å²) in [5, 5.41) is 2.71. The van der Waals surface area contributed by atoms with Gasteiger partial charge in [0, 0.05) is 0 Å². The molecule has 0 bridgehead atoms. The number of anilines is 2. The number of benzene rings is 2. The van der Waals surface area contributed by atoms with Crippen molar-refractivity contribution < 1.29 is 4.79 Å². The molecule has 1 aromatic heterocycles. The van der Waals surface area contributed by atoms with Crippen LogP contribution in [0.15, 0.2) is 59.5 Å². The Kier molecular flexibility index (Phi) is 3.57. The van der Waals surface area contributed by atoms with Gasteiger partial charge in [-0.1, -0.05) is 24.3 Å². The van der Waals surface area contributed by atoms with Crippen LogP contribution in [0.1, 0.15) is 0 Å². The van der Waals surface area contributed by atoms with Crippen LogP contribution in [-0.2, 0) is 11.3 Å². The normalized spacial score (nSPS) is 10.5. The Morgan fingerprint density at radius 3 is 2.68 bits per heavy atom. The van der Waals surface area contributed by atoms with Crippen LogP contribution in [0.3, 0.4) is 0 Å². The van der Waals surface area contributed by atoms with Gasteiger partial charge in [-0.05, 0) is 24.3 Å². The molecule has 2 aromatic carbocycles. The number of hydrogen-bond acceptors (Lipinski definition) is 4. The number of rotatable bonds is 3. The van der Waals surface area contributed by atoms with Gasteiger partial charge in [-0.3, -0.25) is 14.2 Å². The maximum absolute atomic E-state index is 12.2. The van der Waals surface area contributed by atoms with Gasteiger partial charge in [0.25, 0.3) is 5.56 Å². The Labute approximate surface area is 126 Å². The third-order valence-corrected chi connectivity index (χ3v) is 3.29. The predicted molar refractivity (Wildman–Crippen MR) is 85.5 cm³/mol. The topological polar surface area (TPSA) is 90.0 Å². The van der Waals surface area contributed by atoms with Crippen LogP contribution in [-0.4, -0.2) is 15.5 Å². The van der Waals surface area contributed by atoms with Crippen molar-refractivity contribution in [3.8, 4) is 0 Å². The second-order valence-electron chi connectivity index (χ2n) is 4.81. The lowest BCUT2D eigenvalue weighted by Gasteiger charge is -2.11. The molecule has 22 heavy (non-hydrogen) atoms. The van der Waals surface area contributed by atoms with Gasteiger partial charge in [0.2, 0.25) is 5.91 Å². The van der Waals surface area contributed by atoms with Crippen molar-refractivity contribution in [1.29, 1.82) is 0 Å². The number of para-hydroxylation sites is 4. The summed E-state index contributed by atoms with van der Waals surface area (Å²) in [4.78, 5) is 28.2. The molecule has 0 saturated carbocycles. The first kappa shape index (κ1) is 13.8. The smallest absolute Gasteiger partial charge is 0.269 e. The zero-order valence-corrected chi connectivity index (χ0v) is 11.7. The van der Waals surface area contributed by atoms with Crippen LogP contribution < -0.4 is 16.6 Å². The molecule has 1 heterocycles. The first-order chi connectivity index (χ1) is 10.6. The van der Waals surface area contributed by atoms with Crippen LogP contribution in [0.4, 0.5) is 11.4 Å². The van der Waals surface area contributed by atoms with Gasteiger partial charge in [0.05, 0.1) is 28.6 Å². The average molecular weight is 294 g/mol. The van der Waals surface area contributed by atoms with E-state index in [4.69, 9.17) is 5.73 Å². The Hall–Kier alpha value is -3.15. The Morgan fingerprint density at radius 2 is 1.86 bits per heavy atom. The third-order valence-electron chi connectivity index (χ3n) is 3.29. The first-order valence-corrected chi connectivity index (χ1v) is 6.74. The number of nitrogens with two attached hydrogens (primary N) is 1. The molecule has 0 radical (unpaired) electrons. The Morgan fingerprint density at radius 1 is 1.14 bits per heavy atom. The Bertz CT molecular complexity index is 902. The third kappa shape index (κ3) is 2.67. The molecule has 0 atom stereocenters. The van der Waals surface area contributed by atoms with Gasteiger partial charge < -0.3 is 11.1 Å². The lowest BCUT2D eigenvalue weighted by atomic mass is 10.2. The quantitative estimate of drug-likeness (QED) is 0.718. The molecular formula is C16H14N4O2. The minimum atomic E-state index is -0.324. The molecule has 0 aliphatic carbocycles. The van der Waals surface area contributed by atoms with Gasteiger partial charge in [-0.2, -0.15) is 0 Å². The van der Waals surface area contributed by atoms with Gasteiger partial charge in [-0.25, -0.2) is 4.98 Å². The highest BCUT2D eigenvalue weighted by molar-refractivity contribution is 5.94. The number of aromatic nitrogens is 2. The predicted octanol–water partition coefficient (Wildman–Crippen LogP) is 1.62. The molecule has 6 heteroatoms. The van der Waals surface area contributed by atoms with E-state index in [0.29, 0.717) is 22.4 Å². The van der Waals surface area contributed by atoms with E-state index in [1.165, 1.54) is 10.8 Å². The van der Waals surface area contributed by atoms with E-state index in [9.17, 15) is 9.59 Å². The fourth-order valence-corrected chi connectivity index (χ4v) is 2.22. The van der Waals surface area contributed by atoms with Crippen LogP contribution in [0.5, 0.6) is 0 Å². The summed E-state index contributed by atoms with van der Waals surface area (Å²) in [6.45, 7) is -0.101. The zero-order valence-electron chi connectivity index (χ0n) is 11.7. The fraction of sp³-hybridized carbons (Fsp3) is 0.0625. The van der Waals surface area contributed by atoms with E-state index in [2.05, 4.69) is 10.3 Å². The number of hydrogen-bond donors (Lipinski definition) is 2. The van der Waals surface area contributed by atoms with Gasteiger partial charge in [-0.15, -0.1) is 0 Å². The van der Waals surface area contributed by atoms with Crippen LogP contribution in [0.2, 0.25) is 0 Å². The lowest BCUT2D eigenvalue weighted by molar-refractivity contribution is -0.116. The summed E-state index contributed by atoms with van der Waals surface area (Å²) in [7, 11) is 0. The van der Waals surface area contributed by atoms with Crippen molar-refractivity contribution in [3.05, 3.63) is 65.1 Å². The highest BCUT2D eigenvalue weighted by Crippen LogP contribution is 2.16. The van der Waals surface area contributed by atoms with Crippen molar-refractivity contribution in [2.24, 2.45) is 0 Å². The van der Waals surface area contributed by atoms with Crippen molar-refractivity contribution in [3.63, 3.8) is 0 Å². The number of fused-ring (bicyclic) bond motifs is 1. The monoisotopic (exact) mass is 294 g/mol. The molecule has 6 nitrogen and oxygen atoms in total. The summed E-state index contributed by atoms with van der Waals surface area (Å²) in [5.74, 6) is -0.323. The molecule has 0 fully saturated rings. The number of nitrogen functional groups attached to an aromatic ring is 1. The van der Waals surface area contributed by atoms with E-state index >= 15 is 0 Å². The highest BCUT2D eigenvalue weighted by Gasteiger charge is 2.10. The molecule has 110 valence electrons. The summed E-state index contributed by atoms with van der Waals surface area (Å²) >= 11 is 0. The SMILES string of the molecule is Nc1ccccc1NC(=O)Cn1c(=O)cnc2ccccc21.